The van der Waals surface area contributed by atoms with Gasteiger partial charge in [0.2, 0.25) is 0 Å². The Bertz CT molecular complexity index is 1090. The molecule has 0 fully saturated rings. The van der Waals surface area contributed by atoms with Gasteiger partial charge in [0.15, 0.2) is 17.9 Å². The Morgan fingerprint density at radius 3 is 2.75 bits per heavy atom. The normalized spacial score (nSPS) is 11.1. The Morgan fingerprint density at radius 2 is 2.04 bits per heavy atom. The second-order valence-corrected chi connectivity index (χ2v) is 6.67. The number of nitrogens with zero attached hydrogens (tertiary/aromatic N) is 3. The highest BCUT2D eigenvalue weighted by Crippen LogP contribution is 2.28. The zero-order valence-electron chi connectivity index (χ0n) is 15.6. The van der Waals surface area contributed by atoms with E-state index in [1.165, 1.54) is 12.7 Å². The number of carbonyl (C=O) groups is 1. The number of hydrogen-bond acceptors (Lipinski definition) is 5. The SMILES string of the molecule is CC(C)Oc1ccc2c(NC(=O)c3cocn3)nn(Cc3ccccc3)c2c1. The van der Waals surface area contributed by atoms with Crippen LogP contribution in [0.2, 0.25) is 0 Å². The van der Waals surface area contributed by atoms with E-state index in [4.69, 9.17) is 9.15 Å². The van der Waals surface area contributed by atoms with Gasteiger partial charge >= 0.3 is 0 Å². The number of fused-ring (bicyclic) bond motifs is 1. The van der Waals surface area contributed by atoms with Gasteiger partial charge in [-0.25, -0.2) is 4.98 Å². The minimum absolute atomic E-state index is 0.0642. The van der Waals surface area contributed by atoms with Crippen molar-refractivity contribution in [2.75, 3.05) is 5.32 Å². The van der Waals surface area contributed by atoms with Gasteiger partial charge < -0.3 is 14.5 Å². The number of benzene rings is 2. The number of hydrogen-bond donors (Lipinski definition) is 1. The van der Waals surface area contributed by atoms with Gasteiger partial charge in [-0.15, -0.1) is 0 Å². The molecule has 1 amide bonds. The summed E-state index contributed by atoms with van der Waals surface area (Å²) in [6.07, 6.45) is 2.58. The number of nitrogens with one attached hydrogen (secondary N) is 1. The second kappa shape index (κ2) is 7.56. The molecule has 0 radical (unpaired) electrons. The fourth-order valence-corrected chi connectivity index (χ4v) is 2.96. The maximum atomic E-state index is 12.4. The fourth-order valence-electron chi connectivity index (χ4n) is 2.96. The molecule has 2 heterocycles. The van der Waals surface area contributed by atoms with Crippen LogP contribution < -0.4 is 10.1 Å². The molecule has 28 heavy (non-hydrogen) atoms. The molecular formula is C21H20N4O3. The van der Waals surface area contributed by atoms with Crippen molar-refractivity contribution in [3.05, 3.63) is 72.4 Å². The summed E-state index contributed by atoms with van der Waals surface area (Å²) in [5, 5.41) is 8.27. The maximum Gasteiger partial charge on any atom is 0.278 e. The number of amides is 1. The first-order chi connectivity index (χ1) is 13.6. The van der Waals surface area contributed by atoms with Gasteiger partial charge in [0, 0.05) is 11.5 Å². The number of carbonyl (C=O) groups excluding carboxylic acids is 1. The van der Waals surface area contributed by atoms with Crippen LogP contribution in [-0.2, 0) is 6.54 Å². The standard InChI is InChI=1S/C21H20N4O3/c1-14(2)28-16-8-9-17-19(10-16)25(11-15-6-4-3-5-7-15)24-20(17)23-21(26)18-12-27-13-22-18/h3-10,12-14H,11H2,1-2H3,(H,23,24,26). The lowest BCUT2D eigenvalue weighted by Crippen LogP contribution is -2.13. The third-order valence-corrected chi connectivity index (χ3v) is 4.17. The van der Waals surface area contributed by atoms with E-state index >= 15 is 0 Å². The third kappa shape index (κ3) is 3.73. The van der Waals surface area contributed by atoms with E-state index in [1.54, 1.807) is 0 Å². The molecule has 1 N–H and O–H groups in total. The summed E-state index contributed by atoms with van der Waals surface area (Å²) in [4.78, 5) is 16.3. The molecule has 2 aromatic carbocycles. The molecule has 7 heteroatoms. The summed E-state index contributed by atoms with van der Waals surface area (Å²) < 4.78 is 12.6. The Balaban J connectivity index is 1.73. The lowest BCUT2D eigenvalue weighted by Gasteiger charge is -2.10. The minimum Gasteiger partial charge on any atom is -0.491 e. The molecule has 4 aromatic rings. The highest BCUT2D eigenvalue weighted by molar-refractivity contribution is 6.06. The number of rotatable bonds is 6. The molecular weight excluding hydrogens is 356 g/mol. The van der Waals surface area contributed by atoms with E-state index in [9.17, 15) is 4.79 Å². The van der Waals surface area contributed by atoms with E-state index in [2.05, 4.69) is 15.4 Å². The average molecular weight is 376 g/mol. The van der Waals surface area contributed by atoms with Crippen LogP contribution in [0.4, 0.5) is 5.82 Å². The van der Waals surface area contributed by atoms with Crippen molar-refractivity contribution in [1.29, 1.82) is 0 Å². The van der Waals surface area contributed by atoms with Gasteiger partial charge in [0.05, 0.1) is 18.2 Å². The summed E-state index contributed by atoms with van der Waals surface area (Å²) >= 11 is 0. The van der Waals surface area contributed by atoms with Gasteiger partial charge in [-0.1, -0.05) is 30.3 Å². The molecule has 0 aliphatic heterocycles. The molecule has 0 bridgehead atoms. The fraction of sp³-hybridized carbons (Fsp3) is 0.190. The Hall–Kier alpha value is -3.61. The van der Waals surface area contributed by atoms with Gasteiger partial charge in [0.25, 0.3) is 5.91 Å². The molecule has 0 saturated carbocycles. The van der Waals surface area contributed by atoms with Crippen LogP contribution >= 0.6 is 0 Å². The van der Waals surface area contributed by atoms with Gasteiger partial charge in [-0.3, -0.25) is 9.48 Å². The monoisotopic (exact) mass is 376 g/mol. The van der Waals surface area contributed by atoms with E-state index in [-0.39, 0.29) is 17.7 Å². The zero-order valence-corrected chi connectivity index (χ0v) is 15.6. The highest BCUT2D eigenvalue weighted by atomic mass is 16.5. The molecule has 0 spiro atoms. The van der Waals surface area contributed by atoms with Crippen LogP contribution in [0.3, 0.4) is 0 Å². The summed E-state index contributed by atoms with van der Waals surface area (Å²) in [6, 6.07) is 15.7. The first kappa shape index (κ1) is 17.8. The predicted molar refractivity (Wildman–Crippen MR) is 105 cm³/mol. The number of oxazole rings is 1. The number of anilines is 1. The molecule has 7 nitrogen and oxygen atoms in total. The molecule has 0 aliphatic carbocycles. The van der Waals surface area contributed by atoms with Crippen LogP contribution in [0, 0.1) is 0 Å². The summed E-state index contributed by atoms with van der Waals surface area (Å²) in [5.41, 5.74) is 2.18. The average Bonchev–Trinajstić information content (AvgIpc) is 3.31. The van der Waals surface area contributed by atoms with Crippen molar-refractivity contribution in [2.45, 2.75) is 26.5 Å². The molecule has 0 aliphatic rings. The van der Waals surface area contributed by atoms with Crippen molar-refractivity contribution >= 4 is 22.6 Å². The third-order valence-electron chi connectivity index (χ3n) is 4.17. The maximum absolute atomic E-state index is 12.4. The van der Waals surface area contributed by atoms with E-state index < -0.39 is 0 Å². The molecule has 0 saturated heterocycles. The predicted octanol–water partition coefficient (Wildman–Crippen LogP) is 4.11. The van der Waals surface area contributed by atoms with Crippen molar-refractivity contribution in [2.24, 2.45) is 0 Å². The zero-order chi connectivity index (χ0) is 19.5. The van der Waals surface area contributed by atoms with E-state index in [1.807, 2.05) is 67.1 Å². The number of aromatic nitrogens is 3. The first-order valence-corrected chi connectivity index (χ1v) is 9.01. The van der Waals surface area contributed by atoms with Crippen LogP contribution in [0.15, 0.2) is 65.6 Å². The van der Waals surface area contributed by atoms with Crippen molar-refractivity contribution in [3.63, 3.8) is 0 Å². The van der Waals surface area contributed by atoms with Crippen molar-refractivity contribution in [3.8, 4) is 5.75 Å². The van der Waals surface area contributed by atoms with Gasteiger partial charge in [0.1, 0.15) is 12.0 Å². The number of ether oxygens (including phenoxy) is 1. The molecule has 4 rings (SSSR count). The van der Waals surface area contributed by atoms with Crippen LogP contribution in [0.1, 0.15) is 29.9 Å². The Kier molecular flexibility index (Phi) is 4.80. The molecule has 0 unspecified atom stereocenters. The lowest BCUT2D eigenvalue weighted by molar-refractivity contribution is 0.102. The topological polar surface area (TPSA) is 82.2 Å². The largest absolute Gasteiger partial charge is 0.491 e. The van der Waals surface area contributed by atoms with Gasteiger partial charge in [-0.05, 0) is 31.5 Å². The Labute approximate surface area is 161 Å². The van der Waals surface area contributed by atoms with Gasteiger partial charge in [-0.2, -0.15) is 5.10 Å². The molecule has 0 atom stereocenters. The Morgan fingerprint density at radius 1 is 1.21 bits per heavy atom. The smallest absolute Gasteiger partial charge is 0.278 e. The van der Waals surface area contributed by atoms with E-state index in [0.717, 1.165) is 22.2 Å². The van der Waals surface area contributed by atoms with Crippen LogP contribution in [0.5, 0.6) is 5.75 Å². The second-order valence-electron chi connectivity index (χ2n) is 6.67. The summed E-state index contributed by atoms with van der Waals surface area (Å²) in [7, 11) is 0. The van der Waals surface area contributed by atoms with Crippen molar-refractivity contribution in [1.82, 2.24) is 14.8 Å². The van der Waals surface area contributed by atoms with E-state index in [0.29, 0.717) is 12.4 Å². The van der Waals surface area contributed by atoms with Crippen LogP contribution in [-0.4, -0.2) is 26.8 Å². The van der Waals surface area contributed by atoms with Crippen LogP contribution in [0.25, 0.3) is 10.9 Å². The van der Waals surface area contributed by atoms with Crippen molar-refractivity contribution < 1.29 is 13.9 Å². The molecule has 142 valence electrons. The minimum atomic E-state index is -0.373. The summed E-state index contributed by atoms with van der Waals surface area (Å²) in [5.74, 6) is 0.851. The highest BCUT2D eigenvalue weighted by Gasteiger charge is 2.17. The first-order valence-electron chi connectivity index (χ1n) is 9.01. The quantitative estimate of drug-likeness (QED) is 0.547. The lowest BCUT2D eigenvalue weighted by atomic mass is 10.2. The molecule has 2 aromatic heterocycles. The summed E-state index contributed by atoms with van der Waals surface area (Å²) in [6.45, 7) is 4.53.